The molecule has 0 heterocycles. The highest BCUT2D eigenvalue weighted by molar-refractivity contribution is 5.78. The number of carbonyl (C=O) groups is 1. The van der Waals surface area contributed by atoms with E-state index in [9.17, 15) is 4.79 Å². The first-order valence-electron chi connectivity index (χ1n) is 3.94. The summed E-state index contributed by atoms with van der Waals surface area (Å²) in [5.41, 5.74) is 4.82. The third kappa shape index (κ3) is 6.09. The highest BCUT2D eigenvalue weighted by atomic mass is 16.5. The van der Waals surface area contributed by atoms with Crippen molar-refractivity contribution < 1.29 is 14.6 Å². The molecule has 1 unspecified atom stereocenters. The van der Waals surface area contributed by atoms with Crippen molar-refractivity contribution in [1.82, 2.24) is 5.32 Å². The summed E-state index contributed by atoms with van der Waals surface area (Å²) in [6.07, 6.45) is -1.10. The first kappa shape index (κ1) is 11.4. The van der Waals surface area contributed by atoms with Crippen LogP contribution in [0.4, 0.5) is 0 Å². The number of aliphatic hydroxyl groups excluding tert-OH is 1. The summed E-state index contributed by atoms with van der Waals surface area (Å²) in [7, 11) is 0. The summed E-state index contributed by atoms with van der Waals surface area (Å²) >= 11 is 0. The Morgan fingerprint density at radius 2 is 2.42 bits per heavy atom. The summed E-state index contributed by atoms with van der Waals surface area (Å²) in [6.45, 7) is 3.93. The Morgan fingerprint density at radius 3 is 2.92 bits per heavy atom. The Balaban J connectivity index is 3.14. The average molecular weight is 176 g/mol. The van der Waals surface area contributed by atoms with Gasteiger partial charge in [-0.1, -0.05) is 0 Å². The van der Waals surface area contributed by atoms with Gasteiger partial charge in [0.2, 0.25) is 5.91 Å². The molecule has 0 rings (SSSR count). The Morgan fingerprint density at radius 1 is 1.75 bits per heavy atom. The molecule has 0 aromatic rings. The van der Waals surface area contributed by atoms with Crippen LogP contribution in [-0.2, 0) is 9.53 Å². The predicted molar refractivity (Wildman–Crippen MR) is 44.6 cm³/mol. The van der Waals surface area contributed by atoms with E-state index in [0.717, 1.165) is 0 Å². The van der Waals surface area contributed by atoms with Crippen LogP contribution < -0.4 is 11.1 Å². The van der Waals surface area contributed by atoms with Gasteiger partial charge in [0.05, 0.1) is 6.61 Å². The van der Waals surface area contributed by atoms with Gasteiger partial charge in [-0.15, -0.1) is 0 Å². The van der Waals surface area contributed by atoms with E-state index in [0.29, 0.717) is 19.8 Å². The van der Waals surface area contributed by atoms with Crippen LogP contribution >= 0.6 is 0 Å². The van der Waals surface area contributed by atoms with Crippen LogP contribution in [0.15, 0.2) is 0 Å². The fourth-order valence-electron chi connectivity index (χ4n) is 0.628. The summed E-state index contributed by atoms with van der Waals surface area (Å²) in [5.74, 6) is -0.709. The molecule has 0 aromatic carbocycles. The maximum atomic E-state index is 10.3. The number of nitrogens with two attached hydrogens (primary N) is 1. The first-order valence-corrected chi connectivity index (χ1v) is 3.94. The van der Waals surface area contributed by atoms with Gasteiger partial charge in [-0.05, 0) is 6.92 Å². The number of nitrogens with one attached hydrogen (secondary N) is 1. The zero-order chi connectivity index (χ0) is 9.40. The van der Waals surface area contributed by atoms with Crippen molar-refractivity contribution in [2.45, 2.75) is 13.0 Å². The van der Waals surface area contributed by atoms with Crippen LogP contribution in [0.1, 0.15) is 6.92 Å². The highest BCUT2D eigenvalue weighted by Crippen LogP contribution is 1.77. The van der Waals surface area contributed by atoms with E-state index in [-0.39, 0.29) is 6.54 Å². The van der Waals surface area contributed by atoms with Gasteiger partial charge in [-0.25, -0.2) is 0 Å². The van der Waals surface area contributed by atoms with E-state index in [2.05, 4.69) is 5.32 Å². The molecule has 4 N–H and O–H groups in total. The summed E-state index contributed by atoms with van der Waals surface area (Å²) in [4.78, 5) is 10.3. The quantitative estimate of drug-likeness (QED) is 0.410. The lowest BCUT2D eigenvalue weighted by Crippen LogP contribution is -2.38. The van der Waals surface area contributed by atoms with Crippen LogP contribution in [0.2, 0.25) is 0 Å². The number of hydrogen-bond donors (Lipinski definition) is 3. The summed E-state index contributed by atoms with van der Waals surface area (Å²) in [5, 5.41) is 11.7. The van der Waals surface area contributed by atoms with Crippen molar-refractivity contribution in [2.75, 3.05) is 26.3 Å². The van der Waals surface area contributed by atoms with Gasteiger partial charge in [-0.2, -0.15) is 0 Å². The molecule has 0 spiro atoms. The molecular weight excluding hydrogens is 160 g/mol. The third-order valence-corrected chi connectivity index (χ3v) is 1.29. The fraction of sp³-hybridized carbons (Fsp3) is 0.857. The van der Waals surface area contributed by atoms with E-state index >= 15 is 0 Å². The van der Waals surface area contributed by atoms with Gasteiger partial charge in [-0.3, -0.25) is 4.79 Å². The minimum absolute atomic E-state index is 0.183. The Bertz CT molecular complexity index is 130. The number of rotatable bonds is 7. The molecule has 0 aliphatic rings. The molecule has 0 saturated heterocycles. The molecule has 0 radical (unpaired) electrons. The second-order valence-electron chi connectivity index (χ2n) is 2.32. The summed E-state index contributed by atoms with van der Waals surface area (Å²) < 4.78 is 5.02. The second kappa shape index (κ2) is 7.02. The Hall–Kier alpha value is -0.650. The third-order valence-electron chi connectivity index (χ3n) is 1.29. The Labute approximate surface area is 71.9 Å². The monoisotopic (exact) mass is 176 g/mol. The lowest BCUT2D eigenvalue weighted by atomic mass is 10.3. The van der Waals surface area contributed by atoms with Gasteiger partial charge in [0.1, 0.15) is 6.10 Å². The van der Waals surface area contributed by atoms with Crippen molar-refractivity contribution in [3.8, 4) is 0 Å². The summed E-state index contributed by atoms with van der Waals surface area (Å²) in [6, 6.07) is 0. The van der Waals surface area contributed by atoms with Crippen LogP contribution in [0.25, 0.3) is 0 Å². The van der Waals surface area contributed by atoms with Crippen LogP contribution in [0, 0.1) is 0 Å². The molecule has 0 aromatic heterocycles. The molecule has 0 aliphatic carbocycles. The molecule has 1 amide bonds. The number of primary amides is 1. The molecule has 5 heteroatoms. The maximum Gasteiger partial charge on any atom is 0.247 e. The van der Waals surface area contributed by atoms with Crippen molar-refractivity contribution in [1.29, 1.82) is 0 Å². The number of ether oxygens (including phenoxy) is 1. The highest BCUT2D eigenvalue weighted by Gasteiger charge is 2.08. The van der Waals surface area contributed by atoms with E-state index in [1.807, 2.05) is 6.92 Å². The maximum absolute atomic E-state index is 10.3. The van der Waals surface area contributed by atoms with Crippen molar-refractivity contribution in [3.05, 3.63) is 0 Å². The van der Waals surface area contributed by atoms with Gasteiger partial charge in [0.25, 0.3) is 0 Å². The smallest absolute Gasteiger partial charge is 0.247 e. The molecule has 5 nitrogen and oxygen atoms in total. The van der Waals surface area contributed by atoms with Crippen molar-refractivity contribution in [2.24, 2.45) is 5.73 Å². The second-order valence-corrected chi connectivity index (χ2v) is 2.32. The van der Waals surface area contributed by atoms with Gasteiger partial charge in [0, 0.05) is 19.7 Å². The SMILES string of the molecule is CCOCCNCC(O)C(N)=O. The average Bonchev–Trinajstić information content (AvgIpc) is 2.03. The van der Waals surface area contributed by atoms with E-state index < -0.39 is 12.0 Å². The molecule has 1 atom stereocenters. The number of carbonyl (C=O) groups excluding carboxylic acids is 1. The van der Waals surface area contributed by atoms with Crippen molar-refractivity contribution >= 4 is 5.91 Å². The first-order chi connectivity index (χ1) is 5.68. The van der Waals surface area contributed by atoms with Crippen LogP contribution in [0.3, 0.4) is 0 Å². The minimum Gasteiger partial charge on any atom is -0.382 e. The largest absolute Gasteiger partial charge is 0.382 e. The predicted octanol–water partition coefficient (Wildman–Crippen LogP) is -1.54. The lowest BCUT2D eigenvalue weighted by Gasteiger charge is -2.07. The molecular formula is C7H16N2O3. The van der Waals surface area contributed by atoms with E-state index in [1.165, 1.54) is 0 Å². The van der Waals surface area contributed by atoms with Gasteiger partial charge in [0.15, 0.2) is 0 Å². The normalized spacial score (nSPS) is 12.8. The molecule has 0 bridgehead atoms. The molecule has 0 saturated carbocycles. The standard InChI is InChI=1S/C7H16N2O3/c1-2-12-4-3-9-5-6(10)7(8)11/h6,9-10H,2-5H2,1H3,(H2,8,11). The molecule has 0 aliphatic heterocycles. The van der Waals surface area contributed by atoms with Gasteiger partial charge >= 0.3 is 0 Å². The van der Waals surface area contributed by atoms with Crippen LogP contribution in [0.5, 0.6) is 0 Å². The number of aliphatic hydroxyl groups is 1. The number of hydrogen-bond acceptors (Lipinski definition) is 4. The fourth-order valence-corrected chi connectivity index (χ4v) is 0.628. The molecule has 0 fully saturated rings. The van der Waals surface area contributed by atoms with Crippen molar-refractivity contribution in [3.63, 3.8) is 0 Å². The molecule has 72 valence electrons. The minimum atomic E-state index is -1.10. The zero-order valence-corrected chi connectivity index (χ0v) is 7.25. The molecule has 12 heavy (non-hydrogen) atoms. The number of amides is 1. The zero-order valence-electron chi connectivity index (χ0n) is 7.25. The Kier molecular flexibility index (Phi) is 6.64. The van der Waals surface area contributed by atoms with E-state index in [4.69, 9.17) is 15.6 Å². The van der Waals surface area contributed by atoms with Crippen LogP contribution in [-0.4, -0.2) is 43.4 Å². The van der Waals surface area contributed by atoms with Gasteiger partial charge < -0.3 is 20.9 Å². The van der Waals surface area contributed by atoms with E-state index in [1.54, 1.807) is 0 Å². The topological polar surface area (TPSA) is 84.6 Å². The lowest BCUT2D eigenvalue weighted by molar-refractivity contribution is -0.125.